The third-order valence-electron chi connectivity index (χ3n) is 2.47. The van der Waals surface area contributed by atoms with Gasteiger partial charge in [-0.2, -0.15) is 0 Å². The molecule has 0 aromatic heterocycles. The molecule has 4 nitrogen and oxygen atoms in total. The van der Waals surface area contributed by atoms with E-state index in [0.29, 0.717) is 30.9 Å². The van der Waals surface area contributed by atoms with Crippen LogP contribution in [0.5, 0.6) is 0 Å². The predicted octanol–water partition coefficient (Wildman–Crippen LogP) is 3.11. The van der Waals surface area contributed by atoms with Crippen LogP contribution >= 0.6 is 0 Å². The Kier molecular flexibility index (Phi) is 5.99. The van der Waals surface area contributed by atoms with Crippen LogP contribution in [0.4, 0.5) is 0 Å². The largest absolute Gasteiger partial charge is 0.478 e. The Labute approximate surface area is 114 Å². The van der Waals surface area contributed by atoms with Crippen molar-refractivity contribution >= 4 is 5.97 Å². The lowest BCUT2D eigenvalue weighted by atomic mass is 10.1. The second kappa shape index (κ2) is 7.26. The zero-order chi connectivity index (χ0) is 14.3. The number of hydrogen-bond donors (Lipinski definition) is 1. The van der Waals surface area contributed by atoms with Gasteiger partial charge < -0.3 is 14.6 Å². The van der Waals surface area contributed by atoms with E-state index in [1.54, 1.807) is 18.2 Å². The molecule has 0 amide bonds. The highest BCUT2D eigenvalue weighted by atomic mass is 16.5. The van der Waals surface area contributed by atoms with Crippen LogP contribution in [0.1, 0.15) is 43.1 Å². The van der Waals surface area contributed by atoms with Gasteiger partial charge in [0.2, 0.25) is 0 Å². The summed E-state index contributed by atoms with van der Waals surface area (Å²) in [7, 11) is 0. The molecule has 0 atom stereocenters. The Bertz CT molecular complexity index is 407. The fourth-order valence-electron chi connectivity index (χ4n) is 1.58. The van der Waals surface area contributed by atoms with Crippen molar-refractivity contribution in [2.45, 2.75) is 39.4 Å². The van der Waals surface area contributed by atoms with Gasteiger partial charge in [0, 0.05) is 13.2 Å². The van der Waals surface area contributed by atoms with Gasteiger partial charge in [0.25, 0.3) is 0 Å². The Morgan fingerprint density at radius 2 is 1.89 bits per heavy atom. The zero-order valence-electron chi connectivity index (χ0n) is 11.8. The first-order chi connectivity index (χ1) is 8.90. The highest BCUT2D eigenvalue weighted by molar-refractivity contribution is 5.89. The van der Waals surface area contributed by atoms with E-state index in [0.717, 1.165) is 6.42 Å². The number of carboxylic acids is 1. The Balaban J connectivity index is 2.28. The van der Waals surface area contributed by atoms with E-state index in [9.17, 15) is 4.79 Å². The summed E-state index contributed by atoms with van der Waals surface area (Å²) in [4.78, 5) is 11.0. The average molecular weight is 266 g/mol. The lowest BCUT2D eigenvalue weighted by Crippen LogP contribution is -2.20. The van der Waals surface area contributed by atoms with Gasteiger partial charge in [-0.05, 0) is 38.8 Å². The van der Waals surface area contributed by atoms with Gasteiger partial charge in [-0.15, -0.1) is 0 Å². The summed E-state index contributed by atoms with van der Waals surface area (Å²) in [5.74, 6) is -0.921. The standard InChI is InChI=1S/C15H22O4/c1-15(2,3)19-10-6-9-18-11-12-7-4-5-8-13(12)14(16)17/h4-5,7-8H,6,9-11H2,1-3H3,(H,16,17). The van der Waals surface area contributed by atoms with Crippen LogP contribution in [-0.2, 0) is 16.1 Å². The summed E-state index contributed by atoms with van der Waals surface area (Å²) < 4.78 is 11.1. The SMILES string of the molecule is CC(C)(C)OCCCOCc1ccccc1C(=O)O. The molecule has 4 heteroatoms. The molecular formula is C15H22O4. The fourth-order valence-corrected chi connectivity index (χ4v) is 1.58. The van der Waals surface area contributed by atoms with E-state index in [1.165, 1.54) is 0 Å². The minimum atomic E-state index is -0.921. The molecule has 1 aromatic rings. The number of rotatable bonds is 7. The third kappa shape index (κ3) is 6.36. The van der Waals surface area contributed by atoms with Gasteiger partial charge in [-0.1, -0.05) is 18.2 Å². The van der Waals surface area contributed by atoms with Gasteiger partial charge in [0.1, 0.15) is 0 Å². The van der Waals surface area contributed by atoms with Crippen molar-refractivity contribution in [3.8, 4) is 0 Å². The van der Waals surface area contributed by atoms with Crippen molar-refractivity contribution in [2.24, 2.45) is 0 Å². The minimum Gasteiger partial charge on any atom is -0.478 e. The first-order valence-corrected chi connectivity index (χ1v) is 6.43. The molecule has 0 saturated heterocycles. The molecule has 19 heavy (non-hydrogen) atoms. The summed E-state index contributed by atoms with van der Waals surface area (Å²) in [6.07, 6.45) is 0.798. The first-order valence-electron chi connectivity index (χ1n) is 6.43. The third-order valence-corrected chi connectivity index (χ3v) is 2.47. The van der Waals surface area contributed by atoms with Crippen molar-refractivity contribution in [1.82, 2.24) is 0 Å². The van der Waals surface area contributed by atoms with E-state index in [1.807, 2.05) is 26.8 Å². The Morgan fingerprint density at radius 1 is 1.21 bits per heavy atom. The fraction of sp³-hybridized carbons (Fsp3) is 0.533. The van der Waals surface area contributed by atoms with Crippen LogP contribution in [0, 0.1) is 0 Å². The first kappa shape index (κ1) is 15.7. The summed E-state index contributed by atoms with van der Waals surface area (Å²) >= 11 is 0. The van der Waals surface area contributed by atoms with Crippen LogP contribution in [0.2, 0.25) is 0 Å². The maximum atomic E-state index is 11.0. The second-order valence-corrected chi connectivity index (χ2v) is 5.33. The maximum absolute atomic E-state index is 11.0. The molecule has 0 heterocycles. The monoisotopic (exact) mass is 266 g/mol. The molecule has 0 radical (unpaired) electrons. The molecular weight excluding hydrogens is 244 g/mol. The second-order valence-electron chi connectivity index (χ2n) is 5.33. The van der Waals surface area contributed by atoms with E-state index < -0.39 is 5.97 Å². The number of ether oxygens (including phenoxy) is 2. The van der Waals surface area contributed by atoms with Gasteiger partial charge in [0.05, 0.1) is 17.8 Å². The topological polar surface area (TPSA) is 55.8 Å². The normalized spacial score (nSPS) is 11.5. The number of carboxylic acid groups (broad SMARTS) is 1. The molecule has 0 bridgehead atoms. The van der Waals surface area contributed by atoms with Crippen LogP contribution in [0.15, 0.2) is 24.3 Å². The maximum Gasteiger partial charge on any atom is 0.336 e. The van der Waals surface area contributed by atoms with Crippen LogP contribution in [-0.4, -0.2) is 29.9 Å². The average Bonchev–Trinajstić information content (AvgIpc) is 2.32. The number of aromatic carboxylic acids is 1. The predicted molar refractivity (Wildman–Crippen MR) is 73.4 cm³/mol. The van der Waals surface area contributed by atoms with Crippen molar-refractivity contribution < 1.29 is 19.4 Å². The summed E-state index contributed by atoms with van der Waals surface area (Å²) in [6.45, 7) is 7.55. The Hall–Kier alpha value is -1.39. The summed E-state index contributed by atoms with van der Waals surface area (Å²) in [6, 6.07) is 6.89. The van der Waals surface area contributed by atoms with Crippen LogP contribution < -0.4 is 0 Å². The highest BCUT2D eigenvalue weighted by Gasteiger charge is 2.10. The molecule has 0 saturated carbocycles. The minimum absolute atomic E-state index is 0.129. The number of hydrogen-bond acceptors (Lipinski definition) is 3. The highest BCUT2D eigenvalue weighted by Crippen LogP contribution is 2.11. The van der Waals surface area contributed by atoms with Crippen molar-refractivity contribution in [1.29, 1.82) is 0 Å². The van der Waals surface area contributed by atoms with Crippen molar-refractivity contribution in [2.75, 3.05) is 13.2 Å². The zero-order valence-corrected chi connectivity index (χ0v) is 11.8. The quantitative estimate of drug-likeness (QED) is 0.770. The lowest BCUT2D eigenvalue weighted by Gasteiger charge is -2.19. The van der Waals surface area contributed by atoms with Gasteiger partial charge >= 0.3 is 5.97 Å². The van der Waals surface area contributed by atoms with Gasteiger partial charge in [-0.3, -0.25) is 0 Å². The van der Waals surface area contributed by atoms with Crippen molar-refractivity contribution in [3.05, 3.63) is 35.4 Å². The van der Waals surface area contributed by atoms with E-state index in [-0.39, 0.29) is 5.60 Å². The molecule has 0 aliphatic heterocycles. The Morgan fingerprint density at radius 3 is 2.53 bits per heavy atom. The van der Waals surface area contributed by atoms with Crippen LogP contribution in [0.3, 0.4) is 0 Å². The number of carbonyl (C=O) groups is 1. The lowest BCUT2D eigenvalue weighted by molar-refractivity contribution is -0.0151. The van der Waals surface area contributed by atoms with E-state index in [2.05, 4.69) is 0 Å². The molecule has 1 aromatic carbocycles. The van der Waals surface area contributed by atoms with E-state index >= 15 is 0 Å². The van der Waals surface area contributed by atoms with E-state index in [4.69, 9.17) is 14.6 Å². The molecule has 1 N–H and O–H groups in total. The number of benzene rings is 1. The molecule has 0 spiro atoms. The molecule has 0 fully saturated rings. The molecule has 106 valence electrons. The summed E-state index contributed by atoms with van der Waals surface area (Å²) in [5.41, 5.74) is 0.871. The summed E-state index contributed by atoms with van der Waals surface area (Å²) in [5, 5.41) is 9.02. The smallest absolute Gasteiger partial charge is 0.336 e. The van der Waals surface area contributed by atoms with Gasteiger partial charge in [0.15, 0.2) is 0 Å². The van der Waals surface area contributed by atoms with Gasteiger partial charge in [-0.25, -0.2) is 4.79 Å². The van der Waals surface area contributed by atoms with Crippen LogP contribution in [0.25, 0.3) is 0 Å². The molecule has 0 aliphatic carbocycles. The molecule has 0 aliphatic rings. The van der Waals surface area contributed by atoms with Crippen molar-refractivity contribution in [3.63, 3.8) is 0 Å². The molecule has 1 rings (SSSR count). The molecule has 0 unspecified atom stereocenters.